The van der Waals surface area contributed by atoms with Crippen LogP contribution in [0.1, 0.15) is 30.9 Å². The second-order valence-electron chi connectivity index (χ2n) is 6.13. The maximum absolute atomic E-state index is 3.40. The van der Waals surface area contributed by atoms with Gasteiger partial charge in [-0.05, 0) is 51.2 Å². The molecule has 3 nitrogen and oxygen atoms in total. The molecule has 1 aromatic rings. The van der Waals surface area contributed by atoms with Gasteiger partial charge >= 0.3 is 0 Å². The minimum atomic E-state index is 0.724. The predicted octanol–water partition coefficient (Wildman–Crippen LogP) is 2.32. The van der Waals surface area contributed by atoms with Gasteiger partial charge in [-0.1, -0.05) is 31.2 Å². The summed E-state index contributed by atoms with van der Waals surface area (Å²) in [6, 6.07) is 9.75. The third-order valence-electron chi connectivity index (χ3n) is 4.03. The van der Waals surface area contributed by atoms with Crippen molar-refractivity contribution in [2.75, 3.05) is 33.7 Å². The molecule has 1 unspecified atom stereocenters. The molecule has 1 atom stereocenters. The molecule has 0 aliphatic carbocycles. The predicted molar refractivity (Wildman–Crippen MR) is 85.8 cm³/mol. The third kappa shape index (κ3) is 4.58. The van der Waals surface area contributed by atoms with Crippen molar-refractivity contribution in [2.24, 2.45) is 0 Å². The fraction of sp³-hybridized carbons (Fsp3) is 0.647. The Balaban J connectivity index is 1.94. The van der Waals surface area contributed by atoms with E-state index in [2.05, 4.69) is 60.4 Å². The summed E-state index contributed by atoms with van der Waals surface area (Å²) in [7, 11) is 4.35. The van der Waals surface area contributed by atoms with Crippen LogP contribution >= 0.6 is 0 Å². The molecule has 1 N–H and O–H groups in total. The first-order valence-electron chi connectivity index (χ1n) is 7.86. The minimum absolute atomic E-state index is 0.724. The molecule has 2 rings (SSSR count). The van der Waals surface area contributed by atoms with Crippen LogP contribution in [-0.2, 0) is 13.1 Å². The van der Waals surface area contributed by atoms with E-state index in [-0.39, 0.29) is 0 Å². The van der Waals surface area contributed by atoms with Crippen molar-refractivity contribution >= 4 is 0 Å². The highest BCUT2D eigenvalue weighted by atomic mass is 15.2. The fourth-order valence-corrected chi connectivity index (χ4v) is 3.07. The molecule has 0 aromatic heterocycles. The molecule has 0 amide bonds. The topological polar surface area (TPSA) is 18.5 Å². The van der Waals surface area contributed by atoms with Gasteiger partial charge in [0.05, 0.1) is 0 Å². The summed E-state index contributed by atoms with van der Waals surface area (Å²) in [4.78, 5) is 4.96. The van der Waals surface area contributed by atoms with Crippen molar-refractivity contribution in [3.8, 4) is 0 Å². The van der Waals surface area contributed by atoms with E-state index in [9.17, 15) is 0 Å². The zero-order valence-electron chi connectivity index (χ0n) is 13.2. The standard InChI is InChI=1S/C17H29N3/c1-4-18-12-15-7-5-8-16(11-15)13-20-10-6-9-17(20)14-19(2)3/h5,7-8,11,17-18H,4,6,9-10,12-14H2,1-3H3. The number of nitrogens with one attached hydrogen (secondary N) is 1. The van der Waals surface area contributed by atoms with Crippen molar-refractivity contribution in [1.29, 1.82) is 0 Å². The van der Waals surface area contributed by atoms with Gasteiger partial charge in [0.1, 0.15) is 0 Å². The molecule has 3 heteroatoms. The summed E-state index contributed by atoms with van der Waals surface area (Å²) in [6.07, 6.45) is 2.69. The third-order valence-corrected chi connectivity index (χ3v) is 4.03. The van der Waals surface area contributed by atoms with Gasteiger partial charge in [0.15, 0.2) is 0 Å². The lowest BCUT2D eigenvalue weighted by atomic mass is 10.1. The zero-order chi connectivity index (χ0) is 14.4. The lowest BCUT2D eigenvalue weighted by Crippen LogP contribution is -2.37. The Morgan fingerprint density at radius 2 is 2.10 bits per heavy atom. The molecule has 1 saturated heterocycles. The van der Waals surface area contributed by atoms with Crippen molar-refractivity contribution in [3.05, 3.63) is 35.4 Å². The highest BCUT2D eigenvalue weighted by Gasteiger charge is 2.24. The molecule has 20 heavy (non-hydrogen) atoms. The van der Waals surface area contributed by atoms with Crippen LogP contribution in [0.5, 0.6) is 0 Å². The molecule has 1 heterocycles. The Morgan fingerprint density at radius 1 is 1.30 bits per heavy atom. The van der Waals surface area contributed by atoms with Gasteiger partial charge in [0.2, 0.25) is 0 Å². The smallest absolute Gasteiger partial charge is 0.0237 e. The van der Waals surface area contributed by atoms with Gasteiger partial charge in [0.25, 0.3) is 0 Å². The fourth-order valence-electron chi connectivity index (χ4n) is 3.07. The van der Waals surface area contributed by atoms with Crippen LogP contribution in [0.2, 0.25) is 0 Å². The van der Waals surface area contributed by atoms with Crippen molar-refractivity contribution in [1.82, 2.24) is 15.1 Å². The second-order valence-corrected chi connectivity index (χ2v) is 6.13. The Morgan fingerprint density at radius 3 is 2.85 bits per heavy atom. The molecule has 0 radical (unpaired) electrons. The number of likely N-dealkylation sites (N-methyl/N-ethyl adjacent to an activating group) is 1. The first-order chi connectivity index (χ1) is 9.69. The maximum Gasteiger partial charge on any atom is 0.0237 e. The molecule has 0 bridgehead atoms. The SMILES string of the molecule is CCNCc1cccc(CN2CCCC2CN(C)C)c1. The van der Waals surface area contributed by atoms with Crippen LogP contribution in [0.4, 0.5) is 0 Å². The molecular weight excluding hydrogens is 246 g/mol. The number of hydrogen-bond donors (Lipinski definition) is 1. The molecular formula is C17H29N3. The van der Waals surface area contributed by atoms with E-state index in [1.165, 1.54) is 37.1 Å². The van der Waals surface area contributed by atoms with E-state index >= 15 is 0 Å². The Bertz CT molecular complexity index is 403. The van der Waals surface area contributed by atoms with Crippen LogP contribution in [-0.4, -0.2) is 49.6 Å². The van der Waals surface area contributed by atoms with Gasteiger partial charge in [-0.15, -0.1) is 0 Å². The van der Waals surface area contributed by atoms with Crippen LogP contribution in [0.3, 0.4) is 0 Å². The van der Waals surface area contributed by atoms with Gasteiger partial charge in [-0.2, -0.15) is 0 Å². The lowest BCUT2D eigenvalue weighted by molar-refractivity contribution is 0.201. The van der Waals surface area contributed by atoms with Gasteiger partial charge in [0, 0.05) is 25.7 Å². The largest absolute Gasteiger partial charge is 0.313 e. The van der Waals surface area contributed by atoms with E-state index in [4.69, 9.17) is 0 Å². The van der Waals surface area contributed by atoms with E-state index in [1.54, 1.807) is 0 Å². The summed E-state index contributed by atoms with van der Waals surface area (Å²) in [5.74, 6) is 0. The average molecular weight is 275 g/mol. The molecule has 1 aromatic carbocycles. The van der Waals surface area contributed by atoms with E-state index < -0.39 is 0 Å². The summed E-state index contributed by atoms with van der Waals surface area (Å²) in [6.45, 7) is 7.68. The van der Waals surface area contributed by atoms with E-state index in [0.29, 0.717) is 0 Å². The normalized spacial score (nSPS) is 19.9. The quantitative estimate of drug-likeness (QED) is 0.824. The second kappa shape index (κ2) is 7.77. The Labute approximate surface area is 124 Å². The Kier molecular flexibility index (Phi) is 6.02. The minimum Gasteiger partial charge on any atom is -0.313 e. The zero-order valence-corrected chi connectivity index (χ0v) is 13.2. The number of rotatable bonds is 7. The molecule has 112 valence electrons. The summed E-state index contributed by atoms with van der Waals surface area (Å²) < 4.78 is 0. The van der Waals surface area contributed by atoms with Gasteiger partial charge < -0.3 is 10.2 Å². The highest BCUT2D eigenvalue weighted by Crippen LogP contribution is 2.21. The molecule has 0 spiro atoms. The number of benzene rings is 1. The monoisotopic (exact) mass is 275 g/mol. The van der Waals surface area contributed by atoms with Gasteiger partial charge in [-0.3, -0.25) is 4.90 Å². The van der Waals surface area contributed by atoms with Crippen molar-refractivity contribution in [2.45, 2.75) is 38.9 Å². The summed E-state index contributed by atoms with van der Waals surface area (Å²) in [5.41, 5.74) is 2.85. The van der Waals surface area contributed by atoms with Crippen LogP contribution in [0, 0.1) is 0 Å². The number of hydrogen-bond acceptors (Lipinski definition) is 3. The molecule has 1 fully saturated rings. The van der Waals surface area contributed by atoms with Crippen molar-refractivity contribution < 1.29 is 0 Å². The van der Waals surface area contributed by atoms with Crippen LogP contribution in [0.15, 0.2) is 24.3 Å². The van der Waals surface area contributed by atoms with E-state index in [0.717, 1.165) is 25.7 Å². The summed E-state index contributed by atoms with van der Waals surface area (Å²) >= 11 is 0. The number of nitrogens with zero attached hydrogens (tertiary/aromatic N) is 2. The first kappa shape index (κ1) is 15.5. The lowest BCUT2D eigenvalue weighted by Gasteiger charge is -2.27. The highest BCUT2D eigenvalue weighted by molar-refractivity contribution is 5.23. The first-order valence-corrected chi connectivity index (χ1v) is 7.86. The van der Waals surface area contributed by atoms with Crippen LogP contribution in [0.25, 0.3) is 0 Å². The Hall–Kier alpha value is -0.900. The molecule has 0 saturated carbocycles. The van der Waals surface area contributed by atoms with Crippen molar-refractivity contribution in [3.63, 3.8) is 0 Å². The average Bonchev–Trinajstić information content (AvgIpc) is 2.83. The van der Waals surface area contributed by atoms with Gasteiger partial charge in [-0.25, -0.2) is 0 Å². The maximum atomic E-state index is 3.40. The molecule has 1 aliphatic rings. The molecule has 1 aliphatic heterocycles. The van der Waals surface area contributed by atoms with Crippen LogP contribution < -0.4 is 5.32 Å². The van der Waals surface area contributed by atoms with E-state index in [1.807, 2.05) is 0 Å². The summed E-state index contributed by atoms with van der Waals surface area (Å²) in [5, 5.41) is 3.40. The number of likely N-dealkylation sites (tertiary alicyclic amines) is 1.